The number of unbranched alkanes of at least 4 members (excludes halogenated alkanes) is 2. The Bertz CT molecular complexity index is 1780. The molecule has 1 aromatic heterocycles. The van der Waals surface area contributed by atoms with Crippen LogP contribution in [0.1, 0.15) is 52.0 Å². The van der Waals surface area contributed by atoms with Gasteiger partial charge in [-0.1, -0.05) is 13.2 Å². The van der Waals surface area contributed by atoms with Crippen molar-refractivity contribution in [1.82, 2.24) is 4.98 Å². The Morgan fingerprint density at radius 3 is 1.59 bits per heavy atom. The molecular formula is C38H37NO10. The SMILES string of the molecule is C=CC(=O)OCCCCOc1ccc(C(=O)Oc2ccc3nc(OC(=O)c4ccc(OCCCCOC(=O)C=C)cc4)c(C)cc3c2)cc1. The Hall–Kier alpha value is -5.97. The normalized spacial score (nSPS) is 10.5. The van der Waals surface area contributed by atoms with Crippen LogP contribution in [0.25, 0.3) is 10.9 Å². The van der Waals surface area contributed by atoms with Gasteiger partial charge in [0, 0.05) is 23.1 Å². The summed E-state index contributed by atoms with van der Waals surface area (Å²) in [6, 6.07) is 20.0. The molecule has 0 saturated carbocycles. The highest BCUT2D eigenvalue weighted by Gasteiger charge is 2.15. The minimum absolute atomic E-state index is 0.165. The molecule has 0 N–H and O–H groups in total. The molecule has 0 aliphatic carbocycles. The van der Waals surface area contributed by atoms with Crippen molar-refractivity contribution in [2.75, 3.05) is 26.4 Å². The van der Waals surface area contributed by atoms with Crippen molar-refractivity contribution in [1.29, 1.82) is 0 Å². The van der Waals surface area contributed by atoms with Crippen LogP contribution in [-0.2, 0) is 19.1 Å². The van der Waals surface area contributed by atoms with Gasteiger partial charge in [-0.15, -0.1) is 0 Å². The molecule has 4 aromatic rings. The first kappa shape index (κ1) is 35.9. The van der Waals surface area contributed by atoms with E-state index in [1.807, 2.05) is 0 Å². The molecule has 0 amide bonds. The Kier molecular flexibility index (Phi) is 13.5. The zero-order valence-electron chi connectivity index (χ0n) is 27.2. The largest absolute Gasteiger partial charge is 0.494 e. The molecule has 0 aliphatic rings. The molecule has 0 fully saturated rings. The lowest BCUT2D eigenvalue weighted by molar-refractivity contribution is -0.138. The Morgan fingerprint density at radius 1 is 0.612 bits per heavy atom. The average molecular weight is 668 g/mol. The lowest BCUT2D eigenvalue weighted by atomic mass is 10.1. The zero-order valence-corrected chi connectivity index (χ0v) is 27.2. The van der Waals surface area contributed by atoms with E-state index in [1.54, 1.807) is 79.7 Å². The first-order valence-electron chi connectivity index (χ1n) is 15.7. The summed E-state index contributed by atoms with van der Waals surface area (Å²) < 4.78 is 32.4. The maximum atomic E-state index is 12.8. The fourth-order valence-electron chi connectivity index (χ4n) is 4.35. The molecule has 11 heteroatoms. The van der Waals surface area contributed by atoms with E-state index in [4.69, 9.17) is 28.4 Å². The van der Waals surface area contributed by atoms with E-state index >= 15 is 0 Å². The van der Waals surface area contributed by atoms with Crippen LogP contribution >= 0.6 is 0 Å². The third kappa shape index (κ3) is 11.4. The van der Waals surface area contributed by atoms with Crippen molar-refractivity contribution in [3.05, 3.63) is 115 Å². The van der Waals surface area contributed by atoms with Crippen molar-refractivity contribution in [3.63, 3.8) is 0 Å². The van der Waals surface area contributed by atoms with Crippen molar-refractivity contribution in [3.8, 4) is 23.1 Å². The van der Waals surface area contributed by atoms with Crippen LogP contribution in [-0.4, -0.2) is 55.3 Å². The van der Waals surface area contributed by atoms with E-state index in [2.05, 4.69) is 18.1 Å². The van der Waals surface area contributed by atoms with Crippen molar-refractivity contribution < 1.29 is 47.6 Å². The summed E-state index contributed by atoms with van der Waals surface area (Å²) in [7, 11) is 0. The van der Waals surface area contributed by atoms with Crippen LogP contribution in [0.2, 0.25) is 0 Å². The van der Waals surface area contributed by atoms with E-state index in [1.165, 1.54) is 0 Å². The predicted molar refractivity (Wildman–Crippen MR) is 181 cm³/mol. The average Bonchev–Trinajstić information content (AvgIpc) is 3.11. The first-order valence-corrected chi connectivity index (χ1v) is 15.7. The number of ether oxygens (including phenoxy) is 6. The van der Waals surface area contributed by atoms with Gasteiger partial charge in [-0.25, -0.2) is 24.2 Å². The fraction of sp³-hybridized carbons (Fsp3) is 0.237. The van der Waals surface area contributed by atoms with Crippen LogP contribution in [0.5, 0.6) is 23.1 Å². The minimum atomic E-state index is -0.570. The predicted octanol–water partition coefficient (Wildman–Crippen LogP) is 6.76. The van der Waals surface area contributed by atoms with Crippen LogP contribution in [0.4, 0.5) is 0 Å². The molecule has 3 aromatic carbocycles. The molecule has 0 unspecified atom stereocenters. The fourth-order valence-corrected chi connectivity index (χ4v) is 4.35. The van der Waals surface area contributed by atoms with Crippen molar-refractivity contribution in [2.24, 2.45) is 0 Å². The molecule has 0 saturated heterocycles. The third-order valence-electron chi connectivity index (χ3n) is 6.95. The second-order valence-electron chi connectivity index (χ2n) is 10.6. The first-order chi connectivity index (χ1) is 23.7. The highest BCUT2D eigenvalue weighted by atomic mass is 16.5. The van der Waals surface area contributed by atoms with Crippen molar-refractivity contribution in [2.45, 2.75) is 32.6 Å². The number of aromatic nitrogens is 1. The van der Waals surface area contributed by atoms with Gasteiger partial charge in [-0.05, 0) is 105 Å². The third-order valence-corrected chi connectivity index (χ3v) is 6.95. The smallest absolute Gasteiger partial charge is 0.344 e. The maximum absolute atomic E-state index is 12.8. The highest BCUT2D eigenvalue weighted by Crippen LogP contribution is 2.27. The van der Waals surface area contributed by atoms with Gasteiger partial charge < -0.3 is 28.4 Å². The number of fused-ring (bicyclic) bond motifs is 1. The topological polar surface area (TPSA) is 137 Å². The number of pyridine rings is 1. The number of carbonyl (C=O) groups excluding carboxylic acids is 4. The molecule has 4 rings (SSSR count). The van der Waals surface area contributed by atoms with Crippen LogP contribution in [0.15, 0.2) is 98.1 Å². The summed E-state index contributed by atoms with van der Waals surface area (Å²) in [4.78, 5) is 52.2. The summed E-state index contributed by atoms with van der Waals surface area (Å²) >= 11 is 0. The van der Waals surface area contributed by atoms with Crippen LogP contribution in [0, 0.1) is 6.92 Å². The van der Waals surface area contributed by atoms with Gasteiger partial charge in [-0.3, -0.25) is 0 Å². The van der Waals surface area contributed by atoms with Gasteiger partial charge in [-0.2, -0.15) is 0 Å². The van der Waals surface area contributed by atoms with Crippen LogP contribution in [0.3, 0.4) is 0 Å². The second-order valence-corrected chi connectivity index (χ2v) is 10.6. The lowest BCUT2D eigenvalue weighted by Gasteiger charge is -2.11. The molecular weight excluding hydrogens is 630 g/mol. The quantitative estimate of drug-likeness (QED) is 0.0482. The number of carbonyl (C=O) groups is 4. The summed E-state index contributed by atoms with van der Waals surface area (Å²) in [5.41, 5.74) is 1.85. The summed E-state index contributed by atoms with van der Waals surface area (Å²) in [6.45, 7) is 9.93. The molecule has 0 aliphatic heterocycles. The number of nitrogens with zero attached hydrogens (tertiary/aromatic N) is 1. The highest BCUT2D eigenvalue weighted by molar-refractivity contribution is 5.93. The van der Waals surface area contributed by atoms with E-state index in [0.29, 0.717) is 97.0 Å². The number of hydrogen-bond acceptors (Lipinski definition) is 11. The van der Waals surface area contributed by atoms with E-state index in [0.717, 1.165) is 12.2 Å². The van der Waals surface area contributed by atoms with Crippen LogP contribution < -0.4 is 18.9 Å². The monoisotopic (exact) mass is 667 g/mol. The summed E-state index contributed by atoms with van der Waals surface area (Å²) in [5.74, 6) is -0.313. The standard InChI is InChI=1S/C38H37NO10/c1-4-34(40)46-22-8-6-20-44-30-14-10-27(11-15-30)37(42)48-32-18-19-33-29(25-32)24-26(3)36(39-33)49-38(43)28-12-16-31(17-13-28)45-21-7-9-23-47-35(41)5-2/h4-5,10-19,24-25H,1-2,6-9,20-23H2,3H3. The van der Waals surface area contributed by atoms with Gasteiger partial charge in [0.1, 0.15) is 17.2 Å². The number of esters is 4. The molecule has 0 atom stereocenters. The Morgan fingerprint density at radius 2 is 1.08 bits per heavy atom. The van der Waals surface area contributed by atoms with E-state index in [9.17, 15) is 19.2 Å². The van der Waals surface area contributed by atoms with Crippen molar-refractivity contribution >= 4 is 34.8 Å². The zero-order chi connectivity index (χ0) is 35.0. The van der Waals surface area contributed by atoms with Gasteiger partial charge in [0.15, 0.2) is 0 Å². The van der Waals surface area contributed by atoms with E-state index < -0.39 is 23.9 Å². The molecule has 1 heterocycles. The van der Waals surface area contributed by atoms with Gasteiger partial charge >= 0.3 is 23.9 Å². The molecule has 0 radical (unpaired) electrons. The maximum Gasteiger partial charge on any atom is 0.344 e. The Labute approximate surface area is 284 Å². The number of aryl methyl sites for hydroxylation is 1. The lowest BCUT2D eigenvalue weighted by Crippen LogP contribution is -2.11. The Balaban J connectivity index is 1.25. The molecule has 11 nitrogen and oxygen atoms in total. The summed E-state index contributed by atoms with van der Waals surface area (Å²) in [6.07, 6.45) is 4.95. The molecule has 49 heavy (non-hydrogen) atoms. The molecule has 0 spiro atoms. The number of rotatable bonds is 18. The number of benzene rings is 3. The molecule has 254 valence electrons. The van der Waals surface area contributed by atoms with Gasteiger partial charge in [0.25, 0.3) is 0 Å². The summed E-state index contributed by atoms with van der Waals surface area (Å²) in [5, 5.41) is 0.700. The van der Waals surface area contributed by atoms with Gasteiger partial charge in [0.2, 0.25) is 5.88 Å². The molecule has 0 bridgehead atoms. The van der Waals surface area contributed by atoms with E-state index in [-0.39, 0.29) is 5.88 Å². The van der Waals surface area contributed by atoms with Gasteiger partial charge in [0.05, 0.1) is 43.1 Å². The second kappa shape index (κ2) is 18.4. The number of hydrogen-bond donors (Lipinski definition) is 0. The minimum Gasteiger partial charge on any atom is -0.494 e.